The van der Waals surface area contributed by atoms with Gasteiger partial charge in [0.2, 0.25) is 0 Å². The summed E-state index contributed by atoms with van der Waals surface area (Å²) >= 11 is 1.39. The van der Waals surface area contributed by atoms with Crippen LogP contribution in [0.2, 0.25) is 0 Å². The molecule has 0 aromatic heterocycles. The third-order valence-corrected chi connectivity index (χ3v) is 2.74. The maximum atomic E-state index is 8.98. The summed E-state index contributed by atoms with van der Waals surface area (Å²) in [6, 6.07) is 0. The molecule has 0 saturated heterocycles. The van der Waals surface area contributed by atoms with Crippen LogP contribution in [-0.2, 0) is 0 Å². The summed E-state index contributed by atoms with van der Waals surface area (Å²) in [4.78, 5) is 0. The number of unbranched alkanes of at least 4 members (excludes halogenated alkanes) is 1. The van der Waals surface area contributed by atoms with E-state index in [-0.39, 0.29) is 17.2 Å². The predicted molar refractivity (Wildman–Crippen MR) is 59.1 cm³/mol. The van der Waals surface area contributed by atoms with Gasteiger partial charge in [-0.25, -0.2) is 0 Å². The Hall–Kier alpha value is -0.220. The molecule has 0 aliphatic heterocycles. The first-order valence-electron chi connectivity index (χ1n) is 4.55. The van der Waals surface area contributed by atoms with Gasteiger partial charge in [0, 0.05) is 12.4 Å². The Kier molecular flexibility index (Phi) is 6.16. The van der Waals surface area contributed by atoms with E-state index < -0.39 is 0 Å². The zero-order valence-corrected chi connectivity index (χ0v) is 9.28. The minimum absolute atomic E-state index is 0.0425. The number of aliphatic hydroxyl groups is 1. The Morgan fingerprint density at radius 2 is 2.08 bits per heavy atom. The smallest absolute Gasteiger partial charge is 0.151 e. The van der Waals surface area contributed by atoms with Crippen molar-refractivity contribution >= 4 is 16.9 Å². The summed E-state index contributed by atoms with van der Waals surface area (Å²) in [5, 5.41) is 16.2. The summed E-state index contributed by atoms with van der Waals surface area (Å²) in [7, 11) is 0. The van der Waals surface area contributed by atoms with E-state index in [0.717, 1.165) is 25.0 Å². The fraction of sp³-hybridized carbons (Fsp3) is 0.889. The van der Waals surface area contributed by atoms with Gasteiger partial charge < -0.3 is 10.8 Å². The van der Waals surface area contributed by atoms with Crippen LogP contribution in [0.5, 0.6) is 0 Å². The van der Waals surface area contributed by atoms with Crippen LogP contribution >= 0.6 is 11.8 Å². The van der Waals surface area contributed by atoms with Gasteiger partial charge in [-0.2, -0.15) is 0 Å². The van der Waals surface area contributed by atoms with Crippen molar-refractivity contribution in [1.82, 2.24) is 0 Å². The molecule has 4 heteroatoms. The van der Waals surface area contributed by atoms with E-state index in [1.54, 1.807) is 0 Å². The molecule has 0 radical (unpaired) electrons. The number of hydrogen-bond acceptors (Lipinski definition) is 3. The van der Waals surface area contributed by atoms with E-state index >= 15 is 0 Å². The van der Waals surface area contributed by atoms with Crippen molar-refractivity contribution in [2.45, 2.75) is 33.1 Å². The number of thioether (sulfide) groups is 1. The molecular weight excluding hydrogens is 184 g/mol. The van der Waals surface area contributed by atoms with Crippen molar-refractivity contribution in [3.8, 4) is 0 Å². The lowest BCUT2D eigenvalue weighted by atomic mass is 9.88. The van der Waals surface area contributed by atoms with Gasteiger partial charge in [-0.15, -0.1) is 0 Å². The van der Waals surface area contributed by atoms with Crippen LogP contribution in [0.1, 0.15) is 33.1 Å². The van der Waals surface area contributed by atoms with Gasteiger partial charge in [0.15, 0.2) is 5.17 Å². The molecule has 0 rings (SSSR count). The minimum Gasteiger partial charge on any atom is -0.396 e. The number of aliphatic hydroxyl groups excluding tert-OH is 1. The van der Waals surface area contributed by atoms with Crippen LogP contribution in [0.3, 0.4) is 0 Å². The van der Waals surface area contributed by atoms with E-state index in [1.165, 1.54) is 11.8 Å². The molecule has 4 N–H and O–H groups in total. The van der Waals surface area contributed by atoms with Gasteiger partial charge in [-0.05, 0) is 18.3 Å². The lowest BCUT2D eigenvalue weighted by molar-refractivity contribution is 0.148. The average Bonchev–Trinajstić information content (AvgIpc) is 2.03. The summed E-state index contributed by atoms with van der Waals surface area (Å²) in [5.41, 5.74) is 5.24. The van der Waals surface area contributed by atoms with Gasteiger partial charge in [0.1, 0.15) is 0 Å². The fourth-order valence-corrected chi connectivity index (χ4v) is 1.54. The van der Waals surface area contributed by atoms with Crippen LogP contribution in [0.25, 0.3) is 0 Å². The summed E-state index contributed by atoms with van der Waals surface area (Å²) < 4.78 is 0. The highest BCUT2D eigenvalue weighted by atomic mass is 32.2. The lowest BCUT2D eigenvalue weighted by Crippen LogP contribution is -2.16. The van der Waals surface area contributed by atoms with Crippen LogP contribution < -0.4 is 5.73 Å². The molecule has 0 heterocycles. The Morgan fingerprint density at radius 1 is 1.46 bits per heavy atom. The van der Waals surface area contributed by atoms with Crippen molar-refractivity contribution in [1.29, 1.82) is 5.41 Å². The quantitative estimate of drug-likeness (QED) is 0.351. The first-order valence-corrected chi connectivity index (χ1v) is 5.54. The van der Waals surface area contributed by atoms with Crippen LogP contribution in [0.15, 0.2) is 0 Å². The van der Waals surface area contributed by atoms with Gasteiger partial charge in [-0.1, -0.05) is 32.0 Å². The predicted octanol–water partition coefficient (Wildman–Crippen LogP) is 1.80. The van der Waals surface area contributed by atoms with E-state index in [0.29, 0.717) is 0 Å². The van der Waals surface area contributed by atoms with E-state index in [1.807, 2.05) is 0 Å². The number of nitrogens with two attached hydrogens (primary N) is 1. The highest BCUT2D eigenvalue weighted by Crippen LogP contribution is 2.22. The molecule has 3 nitrogen and oxygen atoms in total. The third-order valence-electron chi connectivity index (χ3n) is 1.93. The number of nitrogens with one attached hydrogen (secondary N) is 1. The standard InChI is InChI=1S/C9H20N2OS/c1-9(2,7-12)5-3-4-6-13-8(10)11/h12H,3-7H2,1-2H3,(H3,10,11). The van der Waals surface area contributed by atoms with Crippen molar-refractivity contribution in [3.63, 3.8) is 0 Å². The maximum absolute atomic E-state index is 8.98. The minimum atomic E-state index is 0.0425. The lowest BCUT2D eigenvalue weighted by Gasteiger charge is -2.20. The molecule has 78 valence electrons. The molecule has 0 aliphatic rings. The fourth-order valence-electron chi connectivity index (χ4n) is 0.967. The molecule has 0 saturated carbocycles. The molecule has 0 aromatic carbocycles. The van der Waals surface area contributed by atoms with Crippen LogP contribution in [0.4, 0.5) is 0 Å². The number of hydrogen-bond donors (Lipinski definition) is 3. The maximum Gasteiger partial charge on any atom is 0.151 e. The van der Waals surface area contributed by atoms with Gasteiger partial charge in [0.05, 0.1) is 0 Å². The Bertz CT molecular complexity index is 160. The molecule has 13 heavy (non-hydrogen) atoms. The van der Waals surface area contributed by atoms with Crippen molar-refractivity contribution in [2.24, 2.45) is 11.1 Å². The number of rotatable bonds is 6. The molecule has 0 spiro atoms. The molecule has 0 bridgehead atoms. The van der Waals surface area contributed by atoms with Crippen LogP contribution in [0, 0.1) is 10.8 Å². The summed E-state index contributed by atoms with van der Waals surface area (Å²) in [5.74, 6) is 0.914. The Morgan fingerprint density at radius 3 is 2.54 bits per heavy atom. The van der Waals surface area contributed by atoms with Gasteiger partial charge in [0.25, 0.3) is 0 Å². The summed E-state index contributed by atoms with van der Waals surface area (Å²) in [6.45, 7) is 4.36. The first-order chi connectivity index (χ1) is 5.98. The van der Waals surface area contributed by atoms with Crippen molar-refractivity contribution in [2.75, 3.05) is 12.4 Å². The highest BCUT2D eigenvalue weighted by molar-refractivity contribution is 8.13. The largest absolute Gasteiger partial charge is 0.396 e. The van der Waals surface area contributed by atoms with E-state index in [2.05, 4.69) is 13.8 Å². The van der Waals surface area contributed by atoms with Crippen LogP contribution in [-0.4, -0.2) is 22.6 Å². The van der Waals surface area contributed by atoms with Gasteiger partial charge >= 0.3 is 0 Å². The second-order valence-corrected chi connectivity index (χ2v) is 5.13. The number of amidine groups is 1. The Labute approximate surface area is 84.6 Å². The highest BCUT2D eigenvalue weighted by Gasteiger charge is 2.15. The molecule has 0 unspecified atom stereocenters. The molecule has 0 aliphatic carbocycles. The zero-order valence-electron chi connectivity index (χ0n) is 8.47. The van der Waals surface area contributed by atoms with E-state index in [9.17, 15) is 0 Å². The average molecular weight is 204 g/mol. The van der Waals surface area contributed by atoms with Crippen molar-refractivity contribution in [3.05, 3.63) is 0 Å². The Balaban J connectivity index is 3.30. The summed E-state index contributed by atoms with van der Waals surface area (Å²) in [6.07, 6.45) is 3.18. The molecule has 0 aromatic rings. The zero-order chi connectivity index (χ0) is 10.3. The third kappa shape index (κ3) is 8.12. The second-order valence-electron chi connectivity index (χ2n) is 3.99. The molecular formula is C9H20N2OS. The van der Waals surface area contributed by atoms with Gasteiger partial charge in [-0.3, -0.25) is 5.41 Å². The molecule has 0 atom stereocenters. The monoisotopic (exact) mass is 204 g/mol. The SMILES string of the molecule is CC(C)(CO)CCCCSC(=N)N. The molecule has 0 amide bonds. The second kappa shape index (κ2) is 6.27. The first kappa shape index (κ1) is 12.8. The normalized spacial score (nSPS) is 11.6. The topological polar surface area (TPSA) is 70.1 Å². The van der Waals surface area contributed by atoms with Crippen molar-refractivity contribution < 1.29 is 5.11 Å². The van der Waals surface area contributed by atoms with E-state index in [4.69, 9.17) is 16.2 Å². The molecule has 0 fully saturated rings.